The average molecular weight is 1740 g/mol. The number of nitrogens with zero attached hydrogens (tertiary/aromatic N) is 9. The van der Waals surface area contributed by atoms with Gasteiger partial charge in [-0.15, -0.1) is 0 Å². The fourth-order valence-corrected chi connectivity index (χ4v) is 20.0. The summed E-state index contributed by atoms with van der Waals surface area (Å²) in [4.78, 5) is 43.7. The van der Waals surface area contributed by atoms with E-state index >= 15 is 0 Å². The summed E-state index contributed by atoms with van der Waals surface area (Å²) in [6.45, 7) is 0. The first kappa shape index (κ1) is 79.9. The lowest BCUT2D eigenvalue weighted by Gasteiger charge is -2.16. The summed E-state index contributed by atoms with van der Waals surface area (Å²) in [5.41, 5.74) is 22.3. The van der Waals surface area contributed by atoms with E-state index in [0.29, 0.717) is 17.5 Å². The van der Waals surface area contributed by atoms with E-state index in [9.17, 15) is 8.78 Å². The Balaban J connectivity index is 0.000000110. The van der Waals surface area contributed by atoms with E-state index in [2.05, 4.69) is 343 Å². The number of benzene rings is 21. The van der Waals surface area contributed by atoms with Crippen molar-refractivity contribution in [2.75, 3.05) is 0 Å². The van der Waals surface area contributed by atoms with Gasteiger partial charge in [0, 0.05) is 104 Å². The maximum Gasteiger partial charge on any atom is 0.160 e. The molecular weight excluding hydrogens is 1670 g/mol. The van der Waals surface area contributed by atoms with Crippen molar-refractivity contribution < 1.29 is 8.78 Å². The summed E-state index contributed by atoms with van der Waals surface area (Å²) in [6.07, 6.45) is 11.0. The van der Waals surface area contributed by atoms with Gasteiger partial charge in [0.2, 0.25) is 0 Å². The lowest BCUT2D eigenvalue weighted by molar-refractivity contribution is 0.627. The topological polar surface area (TPSA) is 116 Å². The number of hydrogen-bond acceptors (Lipinski definition) is 9. The molecule has 0 spiro atoms. The van der Waals surface area contributed by atoms with Crippen molar-refractivity contribution in [2.24, 2.45) is 0 Å². The van der Waals surface area contributed by atoms with Crippen molar-refractivity contribution in [3.8, 4) is 146 Å². The van der Waals surface area contributed by atoms with Crippen LogP contribution in [0.15, 0.2) is 456 Å². The van der Waals surface area contributed by atoms with Gasteiger partial charge in [-0.05, 0) is 249 Å². The molecule has 0 N–H and O–H groups in total. The van der Waals surface area contributed by atoms with Crippen LogP contribution in [0.3, 0.4) is 0 Å². The van der Waals surface area contributed by atoms with Crippen molar-refractivity contribution in [2.45, 2.75) is 0 Å². The molecular formula is C125H75F2N9. The second kappa shape index (κ2) is 33.6. The van der Waals surface area contributed by atoms with E-state index in [0.717, 1.165) is 134 Å². The molecule has 0 aliphatic heterocycles. The third kappa shape index (κ3) is 14.6. The Kier molecular flexibility index (Phi) is 19.8. The number of halogens is 2. The Bertz CT molecular complexity index is 9260. The lowest BCUT2D eigenvalue weighted by Crippen LogP contribution is -1.98. The number of fused-ring (bicyclic) bond motifs is 3. The minimum absolute atomic E-state index is 0.291. The molecule has 634 valence electrons. The third-order valence-corrected chi connectivity index (χ3v) is 26.5. The minimum atomic E-state index is -0.293. The quantitative estimate of drug-likeness (QED) is 0.104. The molecule has 11 heteroatoms. The molecule has 0 unspecified atom stereocenters. The van der Waals surface area contributed by atoms with E-state index in [4.69, 9.17) is 29.9 Å². The predicted octanol–water partition coefficient (Wildman–Crippen LogP) is 32.6. The summed E-state index contributed by atoms with van der Waals surface area (Å²) in [5, 5.41) is 27.1. The van der Waals surface area contributed by atoms with Gasteiger partial charge in [-0.25, -0.2) is 38.7 Å². The van der Waals surface area contributed by atoms with E-state index < -0.39 is 0 Å². The molecule has 0 bridgehead atoms. The van der Waals surface area contributed by atoms with E-state index in [1.807, 2.05) is 61.1 Å². The highest BCUT2D eigenvalue weighted by molar-refractivity contribution is 6.28. The van der Waals surface area contributed by atoms with Crippen LogP contribution in [-0.4, -0.2) is 44.9 Å². The van der Waals surface area contributed by atoms with Crippen LogP contribution in [-0.2, 0) is 0 Å². The Morgan fingerprint density at radius 2 is 0.449 bits per heavy atom. The maximum atomic E-state index is 13.9. The van der Waals surface area contributed by atoms with E-state index in [1.165, 1.54) is 138 Å². The van der Waals surface area contributed by atoms with Crippen molar-refractivity contribution in [1.82, 2.24) is 44.9 Å². The van der Waals surface area contributed by atoms with Gasteiger partial charge < -0.3 is 0 Å². The number of pyridine rings is 3. The second-order valence-corrected chi connectivity index (χ2v) is 34.5. The fourth-order valence-electron chi connectivity index (χ4n) is 20.0. The molecule has 9 nitrogen and oxygen atoms in total. The van der Waals surface area contributed by atoms with E-state index in [1.54, 1.807) is 42.9 Å². The minimum Gasteiger partial charge on any atom is -0.264 e. The summed E-state index contributed by atoms with van der Waals surface area (Å²) < 4.78 is 27.7. The van der Waals surface area contributed by atoms with Crippen LogP contribution in [0.2, 0.25) is 0 Å². The van der Waals surface area contributed by atoms with Crippen LogP contribution < -0.4 is 0 Å². The highest BCUT2D eigenvalue weighted by Crippen LogP contribution is 2.47. The molecule has 0 radical (unpaired) electrons. The van der Waals surface area contributed by atoms with Crippen molar-refractivity contribution in [1.29, 1.82) is 0 Å². The molecule has 6 heterocycles. The molecule has 0 saturated heterocycles. The summed E-state index contributed by atoms with van der Waals surface area (Å²) in [7, 11) is 0. The first-order valence-corrected chi connectivity index (χ1v) is 45.4. The molecule has 0 fully saturated rings. The molecule has 21 aromatic carbocycles. The number of hydrogen-bond donors (Lipinski definition) is 0. The van der Waals surface area contributed by atoms with Crippen LogP contribution in [0.25, 0.3) is 265 Å². The monoisotopic (exact) mass is 1740 g/mol. The molecule has 0 atom stereocenters. The molecule has 27 rings (SSSR count). The zero-order valence-electron chi connectivity index (χ0n) is 73.1. The zero-order valence-corrected chi connectivity index (χ0v) is 73.1. The SMILES string of the molecule is Fc1ccc(-c2nc(-c3cccc(-c4cccnc4)c3)cc(-c3ccc4ccc5cccc6ccc3c4c56)n2)cc1.Fc1ccc(-c2nc(-c3ccccc3-c3cccnc3)cc(-c3ccc4ccc5cccc6ccc3c4c56)n2)cc1.c1cncc(-c2cccc(-c3cc(-c4ccc5ccc6cccc7ccc4c5c67)nc(-c4ccc(-c5cc6ccccc6c6ccccc56)cc4)n3)c2)c1. The smallest absolute Gasteiger partial charge is 0.160 e. The molecule has 27 aromatic rings. The predicted molar refractivity (Wildman–Crippen MR) is 556 cm³/mol. The summed E-state index contributed by atoms with van der Waals surface area (Å²) in [5.74, 6) is 1.20. The molecule has 0 aliphatic carbocycles. The van der Waals surface area contributed by atoms with Crippen LogP contribution in [0.1, 0.15) is 0 Å². The van der Waals surface area contributed by atoms with E-state index in [-0.39, 0.29) is 11.6 Å². The molecule has 136 heavy (non-hydrogen) atoms. The van der Waals surface area contributed by atoms with Gasteiger partial charge in [0.25, 0.3) is 0 Å². The molecule has 6 aromatic heterocycles. The van der Waals surface area contributed by atoms with Gasteiger partial charge in [-0.1, -0.05) is 315 Å². The Morgan fingerprint density at radius 1 is 0.147 bits per heavy atom. The van der Waals surface area contributed by atoms with Gasteiger partial charge in [0.05, 0.1) is 34.2 Å². The van der Waals surface area contributed by atoms with Crippen LogP contribution in [0.5, 0.6) is 0 Å². The Labute approximate surface area is 780 Å². The zero-order chi connectivity index (χ0) is 90.3. The van der Waals surface area contributed by atoms with Crippen molar-refractivity contribution >= 4 is 118 Å². The van der Waals surface area contributed by atoms with Gasteiger partial charge >= 0.3 is 0 Å². The molecule has 0 saturated carbocycles. The average Bonchev–Trinajstić information content (AvgIpc) is 0.736. The second-order valence-electron chi connectivity index (χ2n) is 34.5. The van der Waals surface area contributed by atoms with Crippen LogP contribution in [0.4, 0.5) is 8.78 Å². The largest absolute Gasteiger partial charge is 0.264 e. The van der Waals surface area contributed by atoms with Crippen molar-refractivity contribution in [3.05, 3.63) is 467 Å². The van der Waals surface area contributed by atoms with Gasteiger partial charge in [0.1, 0.15) is 11.6 Å². The Hall–Kier alpha value is -18.2. The highest BCUT2D eigenvalue weighted by Gasteiger charge is 2.24. The third-order valence-electron chi connectivity index (χ3n) is 26.5. The fraction of sp³-hybridized carbons (Fsp3) is 0. The molecule has 0 amide bonds. The standard InChI is InChI=1S/C51H31N3.2C37H22FN3/c1-2-14-41-38(8-1)29-46(43-16-4-3-15-42(41)43)32-17-21-36(22-18-32)51-53-47(39-12-6-11-37(28-39)40-13-7-27-52-31-40)30-48(54-51)44-25-23-35-20-19-33-9-5-10-34-24-26-45(44)50(35)49(33)34;38-30-15-11-26(12-16-30)37-40-33(28-7-2-6-27(20-28)29-8-3-19-39-22-29)21-34(41-37)31-17-13-25-10-9-23-4-1-5-24-14-18-32(31)36(25)35(23)24;38-28-16-12-26(13-17-28)37-40-33(30-9-2-1-8-29(30)27-7-4-20-39-22-27)21-34(41-37)31-18-14-25-11-10-23-5-3-6-24-15-19-32(31)36(25)35(23)24/h1-31H;2*1-22H. The highest BCUT2D eigenvalue weighted by atomic mass is 19.1. The number of rotatable bonds is 13. The molecule has 0 aliphatic rings. The Morgan fingerprint density at radius 3 is 0.868 bits per heavy atom. The van der Waals surface area contributed by atoms with Crippen LogP contribution >= 0.6 is 0 Å². The number of aromatic nitrogens is 9. The van der Waals surface area contributed by atoms with Gasteiger partial charge in [-0.3, -0.25) is 15.0 Å². The first-order chi connectivity index (χ1) is 67.2. The lowest BCUT2D eigenvalue weighted by atomic mass is 9.90. The van der Waals surface area contributed by atoms with Gasteiger partial charge in [0.15, 0.2) is 17.5 Å². The first-order valence-electron chi connectivity index (χ1n) is 45.4. The normalized spacial score (nSPS) is 11.6. The van der Waals surface area contributed by atoms with Crippen LogP contribution in [0, 0.1) is 11.6 Å². The van der Waals surface area contributed by atoms with Gasteiger partial charge in [-0.2, -0.15) is 0 Å². The summed E-state index contributed by atoms with van der Waals surface area (Å²) in [6, 6.07) is 143. The van der Waals surface area contributed by atoms with Crippen molar-refractivity contribution in [3.63, 3.8) is 0 Å². The maximum absolute atomic E-state index is 13.9. The summed E-state index contributed by atoms with van der Waals surface area (Å²) >= 11 is 0.